The molecule has 0 aromatic heterocycles. The Bertz CT molecular complexity index is 131. The fourth-order valence-electron chi connectivity index (χ4n) is 1.12. The zero-order valence-corrected chi connectivity index (χ0v) is 4.83. The molecule has 1 fully saturated rings. The molecule has 2 aliphatic rings. The number of halogens is 1. The first-order chi connectivity index (χ1) is 3.31. The number of rotatable bonds is 0. The van der Waals surface area contributed by atoms with Crippen LogP contribution in [0.4, 0.5) is 0 Å². The fourth-order valence-corrected chi connectivity index (χ4v) is 1.62. The lowest BCUT2D eigenvalue weighted by Gasteiger charge is -2.18. The van der Waals surface area contributed by atoms with Crippen LogP contribution in [0.3, 0.4) is 0 Å². The molecule has 1 saturated carbocycles. The Morgan fingerprint density at radius 2 is 2.14 bits per heavy atom. The first kappa shape index (κ1) is 3.96. The highest BCUT2D eigenvalue weighted by atomic mass is 35.5. The van der Waals surface area contributed by atoms with Gasteiger partial charge in [0.25, 0.3) is 0 Å². The Labute approximate surface area is 48.2 Å². The molecule has 2 rings (SSSR count). The molecule has 0 radical (unpaired) electrons. The van der Waals surface area contributed by atoms with E-state index in [0.29, 0.717) is 5.41 Å². The molecule has 0 aliphatic heterocycles. The van der Waals surface area contributed by atoms with Crippen molar-refractivity contribution in [2.45, 2.75) is 19.3 Å². The minimum atomic E-state index is 0.650. The molecule has 38 valence electrons. The zero-order chi connectivity index (χ0) is 4.91. The van der Waals surface area contributed by atoms with E-state index in [4.69, 9.17) is 11.6 Å². The average molecular weight is 115 g/mol. The van der Waals surface area contributed by atoms with Crippen LogP contribution in [0.2, 0.25) is 0 Å². The first-order valence-electron chi connectivity index (χ1n) is 2.68. The summed E-state index contributed by atoms with van der Waals surface area (Å²) < 4.78 is 0. The summed E-state index contributed by atoms with van der Waals surface area (Å²) in [7, 11) is 0. The Morgan fingerprint density at radius 3 is 2.29 bits per heavy atom. The van der Waals surface area contributed by atoms with Gasteiger partial charge in [-0.2, -0.15) is 0 Å². The second-order valence-electron chi connectivity index (χ2n) is 2.63. The topological polar surface area (TPSA) is 0 Å². The van der Waals surface area contributed by atoms with Crippen LogP contribution in [-0.4, -0.2) is 0 Å². The Morgan fingerprint density at radius 1 is 1.57 bits per heavy atom. The van der Waals surface area contributed by atoms with Crippen LogP contribution in [-0.2, 0) is 0 Å². The van der Waals surface area contributed by atoms with Crippen molar-refractivity contribution in [2.24, 2.45) is 5.41 Å². The van der Waals surface area contributed by atoms with Crippen molar-refractivity contribution in [3.05, 3.63) is 11.1 Å². The summed E-state index contributed by atoms with van der Waals surface area (Å²) in [5.74, 6) is 0. The van der Waals surface area contributed by atoms with Gasteiger partial charge < -0.3 is 0 Å². The van der Waals surface area contributed by atoms with Gasteiger partial charge in [0.15, 0.2) is 0 Å². The van der Waals surface area contributed by atoms with Gasteiger partial charge in [0, 0.05) is 5.03 Å². The third kappa shape index (κ3) is 0.434. The van der Waals surface area contributed by atoms with Gasteiger partial charge >= 0.3 is 0 Å². The maximum Gasteiger partial charge on any atom is 0.0155 e. The van der Waals surface area contributed by atoms with Crippen LogP contribution in [0.25, 0.3) is 0 Å². The highest BCUT2D eigenvalue weighted by molar-refractivity contribution is 6.30. The number of hydrogen-bond donors (Lipinski definition) is 0. The van der Waals surface area contributed by atoms with Crippen LogP contribution >= 0.6 is 11.6 Å². The van der Waals surface area contributed by atoms with Crippen molar-refractivity contribution in [1.29, 1.82) is 0 Å². The second kappa shape index (κ2) is 0.899. The van der Waals surface area contributed by atoms with Crippen LogP contribution < -0.4 is 0 Å². The fraction of sp³-hybridized carbons (Fsp3) is 0.667. The van der Waals surface area contributed by atoms with Crippen molar-refractivity contribution in [2.75, 3.05) is 0 Å². The molecule has 0 aromatic rings. The molecule has 0 bridgehead atoms. The van der Waals surface area contributed by atoms with Gasteiger partial charge in [0.2, 0.25) is 0 Å². The number of hydrogen-bond acceptors (Lipinski definition) is 0. The maximum atomic E-state index is 5.63. The predicted octanol–water partition coefficient (Wildman–Crippen LogP) is 2.29. The van der Waals surface area contributed by atoms with Crippen molar-refractivity contribution in [1.82, 2.24) is 0 Å². The van der Waals surface area contributed by atoms with E-state index >= 15 is 0 Å². The van der Waals surface area contributed by atoms with E-state index in [1.54, 1.807) is 0 Å². The quantitative estimate of drug-likeness (QED) is 0.453. The summed E-state index contributed by atoms with van der Waals surface area (Å²) in [5.41, 5.74) is 0.650. The standard InChI is InChI=1S/C6H7Cl/c7-5-3-6(4-5)1-2-6/h3H,1-2,4H2. The molecule has 1 heteroatoms. The lowest BCUT2D eigenvalue weighted by Crippen LogP contribution is -2.05. The largest absolute Gasteiger partial charge is 0.0894 e. The molecule has 0 saturated heterocycles. The number of allylic oxidation sites excluding steroid dienone is 2. The second-order valence-corrected chi connectivity index (χ2v) is 3.12. The molecule has 0 amide bonds. The molecule has 2 aliphatic carbocycles. The van der Waals surface area contributed by atoms with E-state index in [1.165, 1.54) is 19.3 Å². The molecule has 0 aromatic carbocycles. The van der Waals surface area contributed by atoms with E-state index in [-0.39, 0.29) is 0 Å². The highest BCUT2D eigenvalue weighted by Gasteiger charge is 2.46. The molecule has 0 atom stereocenters. The maximum absolute atomic E-state index is 5.63. The minimum absolute atomic E-state index is 0.650. The zero-order valence-electron chi connectivity index (χ0n) is 4.08. The van der Waals surface area contributed by atoms with E-state index in [9.17, 15) is 0 Å². The highest BCUT2D eigenvalue weighted by Crippen LogP contribution is 2.59. The van der Waals surface area contributed by atoms with Crippen molar-refractivity contribution >= 4 is 11.6 Å². The third-order valence-electron chi connectivity index (χ3n) is 1.88. The van der Waals surface area contributed by atoms with E-state index in [1.807, 2.05) is 0 Å². The molecule has 0 unspecified atom stereocenters. The smallest absolute Gasteiger partial charge is 0.0155 e. The summed E-state index contributed by atoms with van der Waals surface area (Å²) >= 11 is 5.63. The summed E-state index contributed by atoms with van der Waals surface area (Å²) in [6.45, 7) is 0. The van der Waals surface area contributed by atoms with Crippen LogP contribution in [0.1, 0.15) is 19.3 Å². The predicted molar refractivity (Wildman–Crippen MR) is 30.2 cm³/mol. The summed E-state index contributed by atoms with van der Waals surface area (Å²) in [5, 5.41) is 1.08. The van der Waals surface area contributed by atoms with E-state index in [0.717, 1.165) is 5.03 Å². The molecule has 0 nitrogen and oxygen atoms in total. The van der Waals surface area contributed by atoms with Crippen molar-refractivity contribution in [3.8, 4) is 0 Å². The van der Waals surface area contributed by atoms with Gasteiger partial charge in [0.05, 0.1) is 0 Å². The molecule has 7 heavy (non-hydrogen) atoms. The minimum Gasteiger partial charge on any atom is -0.0894 e. The Kier molecular flexibility index (Phi) is 0.509. The molecule has 0 N–H and O–H groups in total. The van der Waals surface area contributed by atoms with Gasteiger partial charge in [0.1, 0.15) is 0 Å². The van der Waals surface area contributed by atoms with Crippen LogP contribution in [0, 0.1) is 5.41 Å². The Hall–Kier alpha value is 0.0300. The summed E-state index contributed by atoms with van der Waals surface area (Å²) in [6.07, 6.45) is 6.16. The summed E-state index contributed by atoms with van der Waals surface area (Å²) in [4.78, 5) is 0. The van der Waals surface area contributed by atoms with Crippen LogP contribution in [0.15, 0.2) is 11.1 Å². The molecule has 1 spiro atoms. The average Bonchev–Trinajstić information content (AvgIpc) is 2.14. The third-order valence-corrected chi connectivity index (χ3v) is 2.12. The normalized spacial score (nSPS) is 31.9. The van der Waals surface area contributed by atoms with Gasteiger partial charge in [-0.25, -0.2) is 0 Å². The van der Waals surface area contributed by atoms with E-state index < -0.39 is 0 Å². The molecular weight excluding hydrogens is 108 g/mol. The van der Waals surface area contributed by atoms with Gasteiger partial charge in [-0.05, 0) is 24.7 Å². The van der Waals surface area contributed by atoms with Gasteiger partial charge in [-0.1, -0.05) is 17.7 Å². The lowest BCUT2D eigenvalue weighted by molar-refractivity contribution is 0.594. The monoisotopic (exact) mass is 114 g/mol. The van der Waals surface area contributed by atoms with Crippen molar-refractivity contribution in [3.63, 3.8) is 0 Å². The SMILES string of the molecule is ClC1=CC2(CC2)C1. The van der Waals surface area contributed by atoms with E-state index in [2.05, 4.69) is 6.08 Å². The molecular formula is C6H7Cl. The molecule has 0 heterocycles. The van der Waals surface area contributed by atoms with Gasteiger partial charge in [-0.3, -0.25) is 0 Å². The van der Waals surface area contributed by atoms with Gasteiger partial charge in [-0.15, -0.1) is 0 Å². The summed E-state index contributed by atoms with van der Waals surface area (Å²) in [6, 6.07) is 0. The lowest BCUT2D eigenvalue weighted by atomic mass is 9.92. The van der Waals surface area contributed by atoms with Crippen LogP contribution in [0.5, 0.6) is 0 Å². The first-order valence-corrected chi connectivity index (χ1v) is 3.06. The van der Waals surface area contributed by atoms with Crippen molar-refractivity contribution < 1.29 is 0 Å². The Balaban J connectivity index is 2.23.